The minimum Gasteiger partial charge on any atom is -0.458 e. The summed E-state index contributed by atoms with van der Waals surface area (Å²) in [5.41, 5.74) is 2.80. The van der Waals surface area contributed by atoms with E-state index in [0.29, 0.717) is 12.0 Å². The molecule has 2 heterocycles. The minimum absolute atomic E-state index is 0.00498. The van der Waals surface area contributed by atoms with Gasteiger partial charge in [0.25, 0.3) is 0 Å². The summed E-state index contributed by atoms with van der Waals surface area (Å²) in [5, 5.41) is 9.40. The maximum absolute atomic E-state index is 12.5. The van der Waals surface area contributed by atoms with Crippen LogP contribution in [0, 0.1) is 5.92 Å². The van der Waals surface area contributed by atoms with Crippen molar-refractivity contribution in [2.75, 3.05) is 6.61 Å². The molecular formula is C20H24O6. The lowest BCUT2D eigenvalue weighted by Crippen LogP contribution is -2.34. The average molecular weight is 360 g/mol. The van der Waals surface area contributed by atoms with Gasteiger partial charge in [-0.1, -0.05) is 23.8 Å². The van der Waals surface area contributed by atoms with Crippen LogP contribution in [0.3, 0.4) is 0 Å². The highest BCUT2D eigenvalue weighted by Crippen LogP contribution is 2.36. The van der Waals surface area contributed by atoms with Crippen LogP contribution in [0.5, 0.6) is 0 Å². The van der Waals surface area contributed by atoms with E-state index in [4.69, 9.17) is 14.2 Å². The van der Waals surface area contributed by atoms with Gasteiger partial charge in [0, 0.05) is 12.0 Å². The molecule has 2 aliphatic heterocycles. The highest BCUT2D eigenvalue weighted by molar-refractivity contribution is 5.92. The first-order chi connectivity index (χ1) is 12.3. The van der Waals surface area contributed by atoms with Crippen LogP contribution in [0.4, 0.5) is 0 Å². The third-order valence-corrected chi connectivity index (χ3v) is 4.94. The molecule has 3 aliphatic rings. The van der Waals surface area contributed by atoms with Crippen molar-refractivity contribution in [1.29, 1.82) is 0 Å². The van der Waals surface area contributed by atoms with Gasteiger partial charge in [0.2, 0.25) is 0 Å². The summed E-state index contributed by atoms with van der Waals surface area (Å²) in [6.07, 6.45) is 5.49. The Bertz CT molecular complexity index is 714. The van der Waals surface area contributed by atoms with Crippen LogP contribution in [0.15, 0.2) is 47.1 Å². The van der Waals surface area contributed by atoms with Gasteiger partial charge in [0.05, 0.1) is 18.1 Å². The molecule has 0 amide bonds. The Morgan fingerprint density at radius 1 is 1.31 bits per heavy atom. The summed E-state index contributed by atoms with van der Waals surface area (Å²) >= 11 is 0. The van der Waals surface area contributed by atoms with Gasteiger partial charge in [-0.05, 0) is 38.8 Å². The van der Waals surface area contributed by atoms with Crippen molar-refractivity contribution in [3.8, 4) is 0 Å². The normalized spacial score (nSPS) is 36.2. The molecule has 6 heteroatoms. The molecule has 6 nitrogen and oxygen atoms in total. The van der Waals surface area contributed by atoms with E-state index in [1.165, 1.54) is 6.08 Å². The monoisotopic (exact) mass is 360 g/mol. The topological polar surface area (TPSA) is 82.1 Å². The average Bonchev–Trinajstić information content (AvgIpc) is 3.11. The summed E-state index contributed by atoms with van der Waals surface area (Å²) in [5.74, 6) is -1.44. The van der Waals surface area contributed by atoms with Crippen molar-refractivity contribution in [2.24, 2.45) is 5.92 Å². The Balaban J connectivity index is 1.89. The first kappa shape index (κ1) is 18.6. The molecule has 1 saturated heterocycles. The van der Waals surface area contributed by atoms with Gasteiger partial charge in [-0.2, -0.15) is 0 Å². The number of aliphatic hydroxyl groups excluding tert-OH is 1. The Morgan fingerprint density at radius 2 is 2.08 bits per heavy atom. The lowest BCUT2D eigenvalue weighted by Gasteiger charge is -2.27. The molecule has 1 fully saturated rings. The Morgan fingerprint density at radius 3 is 2.77 bits per heavy atom. The van der Waals surface area contributed by atoms with Gasteiger partial charge in [-0.3, -0.25) is 0 Å². The van der Waals surface area contributed by atoms with Crippen LogP contribution in [0.2, 0.25) is 0 Å². The van der Waals surface area contributed by atoms with Crippen LogP contribution in [0.1, 0.15) is 33.1 Å². The van der Waals surface area contributed by atoms with E-state index in [9.17, 15) is 14.7 Å². The largest absolute Gasteiger partial charge is 0.458 e. The van der Waals surface area contributed by atoms with Crippen molar-refractivity contribution < 1.29 is 28.9 Å². The van der Waals surface area contributed by atoms with Crippen LogP contribution in [-0.2, 0) is 23.8 Å². The van der Waals surface area contributed by atoms with Crippen LogP contribution >= 0.6 is 0 Å². The van der Waals surface area contributed by atoms with E-state index < -0.39 is 36.4 Å². The SMILES string of the molecule is C=C1C(=O)O[C@H]2/C=C(\C)CC/C=C(\C)C[C@@H](OC(=O)C3=C[C@H](O)OC3)[C@@H]12. The highest BCUT2D eigenvalue weighted by atomic mass is 16.6. The van der Waals surface area contributed by atoms with Crippen molar-refractivity contribution in [2.45, 2.75) is 51.6 Å². The fourth-order valence-electron chi connectivity index (χ4n) is 3.52. The molecule has 4 atom stereocenters. The molecule has 0 aromatic rings. The van der Waals surface area contributed by atoms with Crippen molar-refractivity contribution in [3.63, 3.8) is 0 Å². The number of carbonyl (C=O) groups excluding carboxylic acids is 2. The molecule has 0 aromatic carbocycles. The van der Waals surface area contributed by atoms with E-state index in [2.05, 4.69) is 12.7 Å². The van der Waals surface area contributed by atoms with Crippen LogP contribution < -0.4 is 0 Å². The quantitative estimate of drug-likeness (QED) is 0.462. The van der Waals surface area contributed by atoms with Crippen LogP contribution in [-0.4, -0.2) is 42.1 Å². The summed E-state index contributed by atoms with van der Waals surface area (Å²) < 4.78 is 16.2. The predicted molar refractivity (Wildman–Crippen MR) is 93.8 cm³/mol. The standard InChI is InChI=1S/C20H24O6/c1-11-5-4-6-12(2)8-16(18-13(3)19(22)25-15(18)7-11)26-20(23)14-9-17(21)24-10-14/h6-7,9,15-18,21H,3-5,8,10H2,1-2H3/b11-7+,12-6+/t15-,16+,17+,18-/m0/s1. The zero-order chi connectivity index (χ0) is 18.8. The van der Waals surface area contributed by atoms with E-state index in [1.807, 2.05) is 19.9 Å². The number of ether oxygens (including phenoxy) is 3. The fraction of sp³-hybridized carbons (Fsp3) is 0.500. The lowest BCUT2D eigenvalue weighted by molar-refractivity contribution is -0.147. The minimum atomic E-state index is -1.09. The number of hydrogen-bond donors (Lipinski definition) is 1. The molecule has 0 unspecified atom stereocenters. The Hall–Kier alpha value is -2.18. The number of fused-ring (bicyclic) bond motifs is 1. The number of esters is 2. The highest BCUT2D eigenvalue weighted by Gasteiger charge is 2.44. The molecule has 0 aromatic heterocycles. The second kappa shape index (κ2) is 7.60. The number of allylic oxidation sites excluding steroid dienone is 2. The lowest BCUT2D eigenvalue weighted by atomic mass is 9.85. The smallest absolute Gasteiger partial charge is 0.336 e. The molecule has 1 aliphatic carbocycles. The van der Waals surface area contributed by atoms with E-state index in [0.717, 1.165) is 24.0 Å². The molecule has 140 valence electrons. The third-order valence-electron chi connectivity index (χ3n) is 4.94. The first-order valence-corrected chi connectivity index (χ1v) is 8.79. The van der Waals surface area contributed by atoms with E-state index in [1.54, 1.807) is 0 Å². The van der Waals surface area contributed by atoms with Crippen molar-refractivity contribution in [1.82, 2.24) is 0 Å². The fourth-order valence-corrected chi connectivity index (χ4v) is 3.52. The van der Waals surface area contributed by atoms with Gasteiger partial charge in [-0.25, -0.2) is 9.59 Å². The second-order valence-electron chi connectivity index (χ2n) is 7.06. The summed E-state index contributed by atoms with van der Waals surface area (Å²) in [4.78, 5) is 24.6. The summed E-state index contributed by atoms with van der Waals surface area (Å²) in [6.45, 7) is 7.86. The first-order valence-electron chi connectivity index (χ1n) is 8.79. The van der Waals surface area contributed by atoms with Gasteiger partial charge >= 0.3 is 11.9 Å². The summed E-state index contributed by atoms with van der Waals surface area (Å²) in [6, 6.07) is 0. The molecule has 0 bridgehead atoms. The number of aliphatic hydroxyl groups is 1. The summed E-state index contributed by atoms with van der Waals surface area (Å²) in [7, 11) is 0. The predicted octanol–water partition coefficient (Wildman–Crippen LogP) is 2.35. The van der Waals surface area contributed by atoms with Crippen LogP contribution in [0.25, 0.3) is 0 Å². The number of hydrogen-bond acceptors (Lipinski definition) is 6. The third kappa shape index (κ3) is 3.97. The van der Waals surface area contributed by atoms with Gasteiger partial charge in [-0.15, -0.1) is 0 Å². The number of rotatable bonds is 2. The second-order valence-corrected chi connectivity index (χ2v) is 7.06. The number of carbonyl (C=O) groups is 2. The van der Waals surface area contributed by atoms with E-state index >= 15 is 0 Å². The van der Waals surface area contributed by atoms with E-state index in [-0.39, 0.29) is 12.2 Å². The van der Waals surface area contributed by atoms with Gasteiger partial charge in [0.15, 0.2) is 6.29 Å². The molecule has 3 rings (SSSR count). The maximum atomic E-state index is 12.5. The van der Waals surface area contributed by atoms with Crippen molar-refractivity contribution in [3.05, 3.63) is 47.1 Å². The molecule has 0 radical (unpaired) electrons. The van der Waals surface area contributed by atoms with Crippen molar-refractivity contribution >= 4 is 11.9 Å². The van der Waals surface area contributed by atoms with Gasteiger partial charge in [0.1, 0.15) is 12.2 Å². The molecule has 0 saturated carbocycles. The van der Waals surface area contributed by atoms with Gasteiger partial charge < -0.3 is 19.3 Å². The maximum Gasteiger partial charge on any atom is 0.336 e. The molecule has 26 heavy (non-hydrogen) atoms. The zero-order valence-corrected chi connectivity index (χ0v) is 15.1. The molecule has 0 spiro atoms. The Labute approximate surface area is 152 Å². The zero-order valence-electron chi connectivity index (χ0n) is 15.1. The Kier molecular flexibility index (Phi) is 5.44. The molecule has 1 N–H and O–H groups in total. The molecular weight excluding hydrogens is 336 g/mol.